The van der Waals surface area contributed by atoms with Crippen molar-refractivity contribution in [2.24, 2.45) is 17.8 Å². The molecule has 1 aliphatic carbocycles. The molecule has 1 unspecified atom stereocenters. The van der Waals surface area contributed by atoms with Gasteiger partial charge >= 0.3 is 0 Å². The number of hydrogen-bond donors (Lipinski definition) is 2. The molecule has 1 aliphatic rings. The summed E-state index contributed by atoms with van der Waals surface area (Å²) in [4.78, 5) is 35.6. The molecule has 0 saturated heterocycles. The molecule has 1 fully saturated rings. The number of amides is 2. The average molecular weight is 403 g/mol. The summed E-state index contributed by atoms with van der Waals surface area (Å²) in [6.45, 7) is 9.40. The van der Waals surface area contributed by atoms with Gasteiger partial charge in [0.15, 0.2) is 0 Å². The molecule has 7 nitrogen and oxygen atoms in total. The molecule has 2 amide bonds. The quantitative estimate of drug-likeness (QED) is 0.462. The second-order valence-corrected chi connectivity index (χ2v) is 7.94. The van der Waals surface area contributed by atoms with Gasteiger partial charge in [-0.1, -0.05) is 27.7 Å². The Bertz CT molecular complexity index is 498. The number of Topliss-reactive ketones (excluding diaryl/α,β-unsaturated/α-hetero) is 1. The topological polar surface area (TPSA) is 93.7 Å². The molecule has 0 bridgehead atoms. The van der Waals surface area contributed by atoms with Crippen LogP contribution >= 0.6 is 0 Å². The minimum atomic E-state index is -0.126. The van der Waals surface area contributed by atoms with Crippen molar-refractivity contribution >= 4 is 17.6 Å². The molecule has 1 rings (SSSR count). The fourth-order valence-corrected chi connectivity index (χ4v) is 3.25. The molecule has 0 aliphatic heterocycles. The normalized spacial score (nSPS) is 20.6. The van der Waals surface area contributed by atoms with E-state index >= 15 is 0 Å². The van der Waals surface area contributed by atoms with E-state index < -0.39 is 0 Å². The number of carbonyl (C=O) groups excluding carboxylic acids is 3. The van der Waals surface area contributed by atoms with Crippen LogP contribution in [0.15, 0.2) is 0 Å². The zero-order valence-electron chi connectivity index (χ0n) is 17.9. The maximum atomic E-state index is 12.0. The second-order valence-electron chi connectivity index (χ2n) is 7.94. The molecule has 1 atom stereocenters. The van der Waals surface area contributed by atoms with E-state index in [0.717, 1.165) is 32.1 Å². The van der Waals surface area contributed by atoms with Crippen LogP contribution in [0.1, 0.15) is 62.7 Å². The number of carbonyl (C=O) groups is 3. The lowest BCUT2D eigenvalue weighted by molar-refractivity contribution is -0.128. The lowest BCUT2D eigenvalue weighted by atomic mass is 9.80. The Balaban J connectivity index is 0. The zero-order valence-corrected chi connectivity index (χ0v) is 17.9. The van der Waals surface area contributed by atoms with Crippen LogP contribution in [0.3, 0.4) is 0 Å². The van der Waals surface area contributed by atoms with Gasteiger partial charge in [0, 0.05) is 33.2 Å². The van der Waals surface area contributed by atoms with Gasteiger partial charge in [0.1, 0.15) is 12.4 Å². The van der Waals surface area contributed by atoms with Crippen molar-refractivity contribution in [1.82, 2.24) is 10.6 Å². The highest BCUT2D eigenvalue weighted by molar-refractivity contribution is 5.83. The maximum absolute atomic E-state index is 12.0. The molecule has 0 radical (unpaired) electrons. The van der Waals surface area contributed by atoms with Crippen LogP contribution in [0.4, 0.5) is 0 Å². The van der Waals surface area contributed by atoms with Crippen molar-refractivity contribution in [2.45, 2.75) is 65.8 Å². The first kappa shape index (κ1) is 24.6. The third-order valence-electron chi connectivity index (χ3n) is 5.27. The lowest BCUT2D eigenvalue weighted by Gasteiger charge is -2.29. The summed E-state index contributed by atoms with van der Waals surface area (Å²) < 4.78 is 10.7. The Hall–Kier alpha value is -1.47. The van der Waals surface area contributed by atoms with Crippen molar-refractivity contribution < 1.29 is 26.7 Å². The smallest absolute Gasteiger partial charge is 0.246 e. The van der Waals surface area contributed by atoms with Crippen molar-refractivity contribution in [2.75, 3.05) is 33.0 Å². The summed E-state index contributed by atoms with van der Waals surface area (Å²) in [7, 11) is 0. The summed E-state index contributed by atoms with van der Waals surface area (Å²) >= 11 is 0. The Morgan fingerprint density at radius 3 is 2.25 bits per heavy atom. The molecule has 0 heterocycles. The Morgan fingerprint density at radius 1 is 1.00 bits per heavy atom. The van der Waals surface area contributed by atoms with E-state index in [9.17, 15) is 14.4 Å². The van der Waals surface area contributed by atoms with E-state index in [0.29, 0.717) is 32.1 Å². The van der Waals surface area contributed by atoms with E-state index in [1.807, 2.05) is 27.7 Å². The standard InChI is InChI=1S/C21H38N2O5.2H2/c1-5-16(4)21(26)22-10-11-27-12-13-28-14-19(24)23-18-8-6-17(7-9-18)20(25)15(2)3;;/h15-18H,5-14H2,1-4H3,(H,22,26)(H,23,24);2*1H. The van der Waals surface area contributed by atoms with Gasteiger partial charge in [0.05, 0.1) is 19.8 Å². The van der Waals surface area contributed by atoms with Crippen LogP contribution in [-0.2, 0) is 23.9 Å². The predicted molar refractivity (Wildman–Crippen MR) is 112 cm³/mol. The van der Waals surface area contributed by atoms with Crippen LogP contribution in [0.5, 0.6) is 0 Å². The molecule has 1 saturated carbocycles. The van der Waals surface area contributed by atoms with Gasteiger partial charge in [-0.2, -0.15) is 0 Å². The molecule has 166 valence electrons. The third kappa shape index (κ3) is 9.64. The molecule has 28 heavy (non-hydrogen) atoms. The number of nitrogens with one attached hydrogen (secondary N) is 2. The first-order chi connectivity index (χ1) is 13.3. The second kappa shape index (κ2) is 13.7. The number of ether oxygens (including phenoxy) is 2. The SMILES string of the molecule is CCC(C)C(=O)NCCOCCOCC(=O)NC1CCC(C(=O)C(C)C)CC1.[HH].[HH]. The Morgan fingerprint density at radius 2 is 1.64 bits per heavy atom. The van der Waals surface area contributed by atoms with Crippen LogP contribution in [0.25, 0.3) is 0 Å². The van der Waals surface area contributed by atoms with E-state index in [4.69, 9.17) is 9.47 Å². The number of hydrogen-bond acceptors (Lipinski definition) is 5. The minimum Gasteiger partial charge on any atom is -0.377 e. The Kier molecular flexibility index (Phi) is 12.0. The number of ketones is 1. The molecule has 0 aromatic carbocycles. The summed E-state index contributed by atoms with van der Waals surface area (Å²) in [5, 5.41) is 5.80. The summed E-state index contributed by atoms with van der Waals surface area (Å²) in [6.07, 6.45) is 4.22. The molecule has 7 heteroatoms. The van der Waals surface area contributed by atoms with Gasteiger partial charge in [-0.05, 0) is 32.1 Å². The predicted octanol–water partition coefficient (Wildman–Crippen LogP) is 2.57. The summed E-state index contributed by atoms with van der Waals surface area (Å²) in [5.41, 5.74) is 0. The summed E-state index contributed by atoms with van der Waals surface area (Å²) in [5.74, 6) is 0.515. The van der Waals surface area contributed by atoms with E-state index in [1.54, 1.807) is 0 Å². The first-order valence-corrected chi connectivity index (χ1v) is 10.6. The monoisotopic (exact) mass is 402 g/mol. The zero-order chi connectivity index (χ0) is 20.9. The third-order valence-corrected chi connectivity index (χ3v) is 5.27. The Labute approximate surface area is 172 Å². The highest BCUT2D eigenvalue weighted by Crippen LogP contribution is 2.27. The molecule has 0 aromatic rings. The van der Waals surface area contributed by atoms with Crippen molar-refractivity contribution in [1.29, 1.82) is 0 Å². The number of rotatable bonds is 13. The van der Waals surface area contributed by atoms with E-state index in [2.05, 4.69) is 10.6 Å². The average Bonchev–Trinajstić information content (AvgIpc) is 2.68. The van der Waals surface area contributed by atoms with Gasteiger partial charge in [0.25, 0.3) is 0 Å². The molecular weight excluding hydrogens is 360 g/mol. The van der Waals surface area contributed by atoms with Gasteiger partial charge < -0.3 is 20.1 Å². The van der Waals surface area contributed by atoms with E-state index in [1.165, 1.54) is 0 Å². The fraction of sp³-hybridized carbons (Fsp3) is 0.857. The van der Waals surface area contributed by atoms with Crippen LogP contribution in [0, 0.1) is 17.8 Å². The maximum Gasteiger partial charge on any atom is 0.246 e. The molecular formula is C21H42N2O5. The highest BCUT2D eigenvalue weighted by Gasteiger charge is 2.28. The summed E-state index contributed by atoms with van der Waals surface area (Å²) in [6, 6.07) is 0.137. The van der Waals surface area contributed by atoms with Crippen LogP contribution in [-0.4, -0.2) is 56.6 Å². The first-order valence-electron chi connectivity index (χ1n) is 10.6. The lowest BCUT2D eigenvalue weighted by Crippen LogP contribution is -2.41. The highest BCUT2D eigenvalue weighted by atomic mass is 16.5. The van der Waals surface area contributed by atoms with Crippen molar-refractivity contribution in [3.8, 4) is 0 Å². The fourth-order valence-electron chi connectivity index (χ4n) is 3.25. The minimum absolute atomic E-state index is 0. The molecule has 0 spiro atoms. The molecule has 2 N–H and O–H groups in total. The van der Waals surface area contributed by atoms with E-state index in [-0.39, 0.29) is 45.1 Å². The van der Waals surface area contributed by atoms with Gasteiger partial charge in [0.2, 0.25) is 11.8 Å². The van der Waals surface area contributed by atoms with Crippen molar-refractivity contribution in [3.05, 3.63) is 0 Å². The van der Waals surface area contributed by atoms with Gasteiger partial charge in [-0.15, -0.1) is 0 Å². The van der Waals surface area contributed by atoms with Gasteiger partial charge in [-0.25, -0.2) is 0 Å². The van der Waals surface area contributed by atoms with Crippen molar-refractivity contribution in [3.63, 3.8) is 0 Å². The largest absolute Gasteiger partial charge is 0.377 e. The van der Waals surface area contributed by atoms with Crippen LogP contribution in [0.2, 0.25) is 0 Å². The van der Waals surface area contributed by atoms with Gasteiger partial charge in [-0.3, -0.25) is 14.4 Å². The molecule has 0 aromatic heterocycles. The van der Waals surface area contributed by atoms with Crippen LogP contribution < -0.4 is 10.6 Å².